The van der Waals surface area contributed by atoms with Gasteiger partial charge in [-0.05, 0) is 40.5 Å². The van der Waals surface area contributed by atoms with Crippen molar-refractivity contribution in [2.75, 3.05) is 6.54 Å². The molecule has 1 fully saturated rings. The molecule has 1 aliphatic rings. The molecule has 0 aromatic carbocycles. The third-order valence-electron chi connectivity index (χ3n) is 4.03. The zero-order valence-corrected chi connectivity index (χ0v) is 12.5. The molecule has 1 saturated heterocycles. The number of aliphatic hydroxyl groups excluding tert-OH is 1. The molecule has 0 saturated carbocycles. The molecule has 1 aromatic heterocycles. The maximum absolute atomic E-state index is 12.8. The number of sulfonamides is 1. The van der Waals surface area contributed by atoms with E-state index in [1.165, 1.54) is 4.31 Å². The van der Waals surface area contributed by atoms with Crippen LogP contribution in [0.1, 0.15) is 38.1 Å². The first kappa shape index (κ1) is 14.5. The molecule has 0 spiro atoms. The summed E-state index contributed by atoms with van der Waals surface area (Å²) in [5.41, 5.74) is -0.410. The number of aliphatic hydroxyl groups is 1. The van der Waals surface area contributed by atoms with Crippen LogP contribution in [0.3, 0.4) is 0 Å². The van der Waals surface area contributed by atoms with Crippen molar-refractivity contribution in [1.82, 2.24) is 9.46 Å². The van der Waals surface area contributed by atoms with E-state index in [9.17, 15) is 13.5 Å². The Morgan fingerprint density at radius 2 is 2.11 bits per heavy atom. The minimum atomic E-state index is -3.69. The minimum Gasteiger partial charge on any atom is -0.391 e. The number of nitrogens with zero attached hydrogens (tertiary/aromatic N) is 2. The highest BCUT2D eigenvalue weighted by atomic mass is 32.2. The van der Waals surface area contributed by atoms with E-state index in [2.05, 4.69) is 5.16 Å². The van der Waals surface area contributed by atoms with Gasteiger partial charge >= 0.3 is 0 Å². The summed E-state index contributed by atoms with van der Waals surface area (Å²) < 4.78 is 31.9. The lowest BCUT2D eigenvalue weighted by Crippen LogP contribution is -2.51. The smallest absolute Gasteiger partial charge is 0.249 e. The van der Waals surface area contributed by atoms with Gasteiger partial charge < -0.3 is 9.63 Å². The van der Waals surface area contributed by atoms with Crippen LogP contribution in [0.15, 0.2) is 9.42 Å². The Labute approximate surface area is 113 Å². The molecule has 1 N–H and O–H groups in total. The molecule has 0 amide bonds. The highest BCUT2D eigenvalue weighted by Crippen LogP contribution is 2.38. The first-order valence-corrected chi connectivity index (χ1v) is 7.79. The lowest BCUT2D eigenvalue weighted by molar-refractivity contribution is 0.0567. The first-order valence-electron chi connectivity index (χ1n) is 6.35. The quantitative estimate of drug-likeness (QED) is 0.904. The third kappa shape index (κ3) is 2.09. The largest absolute Gasteiger partial charge is 0.391 e. The Kier molecular flexibility index (Phi) is 3.49. The van der Waals surface area contributed by atoms with Gasteiger partial charge in [0, 0.05) is 6.54 Å². The van der Waals surface area contributed by atoms with E-state index in [-0.39, 0.29) is 10.7 Å². The van der Waals surface area contributed by atoms with Gasteiger partial charge in [0.25, 0.3) is 0 Å². The zero-order valence-electron chi connectivity index (χ0n) is 11.7. The van der Waals surface area contributed by atoms with E-state index in [0.29, 0.717) is 18.7 Å². The average Bonchev–Trinajstić information content (AvgIpc) is 2.84. The summed E-state index contributed by atoms with van der Waals surface area (Å²) in [6.45, 7) is 7.01. The molecule has 6 nitrogen and oxygen atoms in total. The molecule has 1 aliphatic heterocycles. The molecule has 1 aromatic rings. The SMILES string of the molecule is Cc1noc(C)c1S(=O)(=O)N1CCC[C@@]1(C)C(C)O. The number of aryl methyl sites for hydroxylation is 2. The van der Waals surface area contributed by atoms with Gasteiger partial charge in [0.05, 0.1) is 11.6 Å². The number of aromatic nitrogens is 1. The molecule has 2 atom stereocenters. The summed E-state index contributed by atoms with van der Waals surface area (Å²) in [6.07, 6.45) is 0.655. The Morgan fingerprint density at radius 1 is 1.47 bits per heavy atom. The van der Waals surface area contributed by atoms with E-state index >= 15 is 0 Å². The molecule has 1 unspecified atom stereocenters. The van der Waals surface area contributed by atoms with Crippen LogP contribution in [0, 0.1) is 13.8 Å². The van der Waals surface area contributed by atoms with Crippen LogP contribution < -0.4 is 0 Å². The summed E-state index contributed by atoms with van der Waals surface area (Å²) in [4.78, 5) is 0.126. The minimum absolute atomic E-state index is 0.126. The summed E-state index contributed by atoms with van der Waals surface area (Å²) in [7, 11) is -3.69. The van der Waals surface area contributed by atoms with Crippen molar-refractivity contribution in [2.24, 2.45) is 0 Å². The van der Waals surface area contributed by atoms with Crippen molar-refractivity contribution in [2.45, 2.75) is 57.1 Å². The van der Waals surface area contributed by atoms with Crippen LogP contribution in [0.4, 0.5) is 0 Å². The molecular weight excluding hydrogens is 268 g/mol. The van der Waals surface area contributed by atoms with Crippen LogP contribution in [0.25, 0.3) is 0 Å². The van der Waals surface area contributed by atoms with Gasteiger partial charge in [-0.1, -0.05) is 5.16 Å². The fraction of sp³-hybridized carbons (Fsp3) is 0.750. The number of rotatable bonds is 3. The molecule has 0 radical (unpaired) electrons. The van der Waals surface area contributed by atoms with Crippen molar-refractivity contribution in [3.63, 3.8) is 0 Å². The third-order valence-corrected chi connectivity index (χ3v) is 6.31. The van der Waals surface area contributed by atoms with Crippen LogP contribution in [-0.2, 0) is 10.0 Å². The van der Waals surface area contributed by atoms with E-state index in [1.54, 1.807) is 27.7 Å². The molecule has 108 valence electrons. The highest BCUT2D eigenvalue weighted by molar-refractivity contribution is 7.89. The van der Waals surface area contributed by atoms with Gasteiger partial charge in [-0.15, -0.1) is 0 Å². The van der Waals surface area contributed by atoms with Crippen LogP contribution in [0.2, 0.25) is 0 Å². The van der Waals surface area contributed by atoms with Crippen LogP contribution >= 0.6 is 0 Å². The molecular formula is C12H20N2O4S. The van der Waals surface area contributed by atoms with Gasteiger partial charge in [-0.2, -0.15) is 4.31 Å². The summed E-state index contributed by atoms with van der Waals surface area (Å²) in [5.74, 6) is 0.289. The Morgan fingerprint density at radius 3 is 2.58 bits per heavy atom. The van der Waals surface area contributed by atoms with E-state index in [0.717, 1.165) is 6.42 Å². The maximum Gasteiger partial charge on any atom is 0.249 e. The zero-order chi connectivity index (χ0) is 14.4. The Bertz CT molecular complexity index is 559. The lowest BCUT2D eigenvalue weighted by Gasteiger charge is -2.36. The normalized spacial score (nSPS) is 26.8. The standard InChI is InChI=1S/C12H20N2O4S/c1-8-11(9(2)18-13-8)19(16,17)14-7-5-6-12(14,4)10(3)15/h10,15H,5-7H2,1-4H3/t10?,12-/m0/s1. The van der Waals surface area contributed by atoms with Crippen molar-refractivity contribution < 1.29 is 18.0 Å². The predicted molar refractivity (Wildman–Crippen MR) is 69.2 cm³/mol. The van der Waals surface area contributed by atoms with Crippen molar-refractivity contribution in [3.05, 3.63) is 11.5 Å². The molecule has 19 heavy (non-hydrogen) atoms. The number of hydrogen-bond donors (Lipinski definition) is 1. The van der Waals surface area contributed by atoms with Crippen molar-refractivity contribution in [1.29, 1.82) is 0 Å². The average molecular weight is 288 g/mol. The summed E-state index contributed by atoms with van der Waals surface area (Å²) in [5, 5.41) is 13.6. The first-order chi connectivity index (χ1) is 8.71. The van der Waals surface area contributed by atoms with Gasteiger partial charge in [-0.3, -0.25) is 0 Å². The molecule has 0 aliphatic carbocycles. The highest BCUT2D eigenvalue weighted by Gasteiger charge is 2.48. The lowest BCUT2D eigenvalue weighted by atomic mass is 9.94. The molecule has 0 bridgehead atoms. The van der Waals surface area contributed by atoms with Crippen molar-refractivity contribution in [3.8, 4) is 0 Å². The second-order valence-electron chi connectivity index (χ2n) is 5.37. The Hall–Kier alpha value is -0.920. The second kappa shape index (κ2) is 4.57. The summed E-state index contributed by atoms with van der Waals surface area (Å²) in [6, 6.07) is 0. The fourth-order valence-corrected chi connectivity index (χ4v) is 4.92. The topological polar surface area (TPSA) is 83.6 Å². The number of hydrogen-bond acceptors (Lipinski definition) is 5. The Balaban J connectivity index is 2.52. The van der Waals surface area contributed by atoms with Crippen LogP contribution in [-0.4, -0.2) is 41.2 Å². The summed E-state index contributed by atoms with van der Waals surface area (Å²) >= 11 is 0. The monoisotopic (exact) mass is 288 g/mol. The maximum atomic E-state index is 12.8. The van der Waals surface area contributed by atoms with E-state index in [1.807, 2.05) is 0 Å². The van der Waals surface area contributed by atoms with Gasteiger partial charge in [0.15, 0.2) is 5.76 Å². The molecule has 7 heteroatoms. The van der Waals surface area contributed by atoms with E-state index < -0.39 is 21.7 Å². The molecule has 2 heterocycles. The van der Waals surface area contributed by atoms with Crippen molar-refractivity contribution >= 4 is 10.0 Å². The second-order valence-corrected chi connectivity index (χ2v) is 7.17. The molecule has 2 rings (SSSR count). The van der Waals surface area contributed by atoms with Gasteiger partial charge in [0.1, 0.15) is 10.6 Å². The van der Waals surface area contributed by atoms with Gasteiger partial charge in [-0.25, -0.2) is 8.42 Å². The fourth-order valence-electron chi connectivity index (χ4n) is 2.73. The van der Waals surface area contributed by atoms with Gasteiger partial charge in [0.2, 0.25) is 10.0 Å². The van der Waals surface area contributed by atoms with E-state index in [4.69, 9.17) is 4.52 Å². The predicted octanol–water partition coefficient (Wildman–Crippen LogP) is 1.22. The van der Waals surface area contributed by atoms with Crippen LogP contribution in [0.5, 0.6) is 0 Å².